The Balaban J connectivity index is 1.46. The van der Waals surface area contributed by atoms with Crippen LogP contribution >= 0.6 is 11.3 Å². The molecule has 0 saturated carbocycles. The standard InChI is InChI=1S/C21H21N5O4S/c1-12-7-13(2)18(14(3)8-12)26-16(27)9-24-17(28)10-30-21(29)15-11-31-20(25-15)19-22-5-4-6-23-19/h4-8,11H,9-10H2,1-3H3,(H,24,28)(H,26,27). The Labute approximate surface area is 182 Å². The van der Waals surface area contributed by atoms with E-state index in [4.69, 9.17) is 4.74 Å². The predicted molar refractivity (Wildman–Crippen MR) is 116 cm³/mol. The molecule has 160 valence electrons. The number of aromatic nitrogens is 3. The zero-order valence-corrected chi connectivity index (χ0v) is 18.1. The monoisotopic (exact) mass is 439 g/mol. The molecular weight excluding hydrogens is 418 g/mol. The lowest BCUT2D eigenvalue weighted by Crippen LogP contribution is -2.35. The van der Waals surface area contributed by atoms with Gasteiger partial charge in [-0.15, -0.1) is 11.3 Å². The molecule has 0 radical (unpaired) electrons. The van der Waals surface area contributed by atoms with Crippen LogP contribution in [0.3, 0.4) is 0 Å². The van der Waals surface area contributed by atoms with Crippen LogP contribution in [0.5, 0.6) is 0 Å². The molecule has 0 spiro atoms. The summed E-state index contributed by atoms with van der Waals surface area (Å²) in [7, 11) is 0. The van der Waals surface area contributed by atoms with E-state index in [2.05, 4.69) is 25.6 Å². The minimum atomic E-state index is -0.746. The van der Waals surface area contributed by atoms with Crippen molar-refractivity contribution in [2.24, 2.45) is 0 Å². The third-order valence-corrected chi connectivity index (χ3v) is 5.03. The van der Waals surface area contributed by atoms with Crippen LogP contribution in [-0.4, -0.2) is 45.9 Å². The average Bonchev–Trinajstić information content (AvgIpc) is 3.24. The van der Waals surface area contributed by atoms with Gasteiger partial charge in [-0.2, -0.15) is 0 Å². The summed E-state index contributed by atoms with van der Waals surface area (Å²) >= 11 is 1.19. The van der Waals surface area contributed by atoms with Crippen LogP contribution < -0.4 is 10.6 Å². The highest BCUT2D eigenvalue weighted by molar-refractivity contribution is 7.13. The van der Waals surface area contributed by atoms with Crippen LogP contribution in [-0.2, 0) is 14.3 Å². The van der Waals surface area contributed by atoms with Crippen molar-refractivity contribution in [2.75, 3.05) is 18.5 Å². The molecule has 0 atom stereocenters. The first kappa shape index (κ1) is 22.0. The third-order valence-electron chi connectivity index (χ3n) is 4.19. The summed E-state index contributed by atoms with van der Waals surface area (Å²) in [5, 5.41) is 7.19. The van der Waals surface area contributed by atoms with Gasteiger partial charge < -0.3 is 15.4 Å². The predicted octanol–water partition coefficient (Wildman–Crippen LogP) is 2.44. The first-order valence-corrected chi connectivity index (χ1v) is 10.3. The highest BCUT2D eigenvalue weighted by Crippen LogP contribution is 2.22. The molecule has 2 heterocycles. The number of carbonyl (C=O) groups excluding carboxylic acids is 3. The van der Waals surface area contributed by atoms with E-state index in [1.165, 1.54) is 16.7 Å². The molecule has 31 heavy (non-hydrogen) atoms. The maximum atomic E-state index is 12.1. The number of aryl methyl sites for hydroxylation is 3. The van der Waals surface area contributed by atoms with Crippen molar-refractivity contribution in [3.8, 4) is 10.8 Å². The van der Waals surface area contributed by atoms with Crippen molar-refractivity contribution in [1.29, 1.82) is 0 Å². The Kier molecular flexibility index (Phi) is 7.03. The Morgan fingerprint density at radius 2 is 1.71 bits per heavy atom. The maximum absolute atomic E-state index is 12.1. The van der Waals surface area contributed by atoms with Crippen molar-refractivity contribution in [2.45, 2.75) is 20.8 Å². The number of amides is 2. The number of nitrogens with zero attached hydrogens (tertiary/aromatic N) is 3. The van der Waals surface area contributed by atoms with Gasteiger partial charge >= 0.3 is 5.97 Å². The molecule has 0 unspecified atom stereocenters. The second kappa shape index (κ2) is 9.90. The summed E-state index contributed by atoms with van der Waals surface area (Å²) < 4.78 is 4.96. The zero-order chi connectivity index (χ0) is 22.4. The number of hydrogen-bond donors (Lipinski definition) is 2. The summed E-state index contributed by atoms with van der Waals surface area (Å²) in [6, 6.07) is 5.61. The van der Waals surface area contributed by atoms with Gasteiger partial charge in [0, 0.05) is 23.5 Å². The Morgan fingerprint density at radius 1 is 1.03 bits per heavy atom. The topological polar surface area (TPSA) is 123 Å². The molecular formula is C21H21N5O4S. The largest absolute Gasteiger partial charge is 0.451 e. The first-order valence-electron chi connectivity index (χ1n) is 9.38. The summed E-state index contributed by atoms with van der Waals surface area (Å²) in [6.45, 7) is 5.02. The molecule has 10 heteroatoms. The highest BCUT2D eigenvalue weighted by atomic mass is 32.1. The van der Waals surface area contributed by atoms with Crippen LogP contribution in [0, 0.1) is 20.8 Å². The Hall–Kier alpha value is -3.66. The fourth-order valence-corrected chi connectivity index (χ4v) is 3.61. The molecule has 9 nitrogen and oxygen atoms in total. The van der Waals surface area contributed by atoms with E-state index in [0.717, 1.165) is 22.4 Å². The van der Waals surface area contributed by atoms with Crippen molar-refractivity contribution in [3.63, 3.8) is 0 Å². The van der Waals surface area contributed by atoms with Gasteiger partial charge in [0.2, 0.25) is 5.91 Å². The molecule has 2 aromatic heterocycles. The summed E-state index contributed by atoms with van der Waals surface area (Å²) in [6.07, 6.45) is 3.15. The molecule has 2 N–H and O–H groups in total. The van der Waals surface area contributed by atoms with Crippen LogP contribution in [0.1, 0.15) is 27.2 Å². The second-order valence-electron chi connectivity index (χ2n) is 6.79. The van der Waals surface area contributed by atoms with Gasteiger partial charge in [-0.25, -0.2) is 19.7 Å². The van der Waals surface area contributed by atoms with Crippen LogP contribution in [0.4, 0.5) is 5.69 Å². The molecule has 3 aromatic rings. The highest BCUT2D eigenvalue weighted by Gasteiger charge is 2.16. The van der Waals surface area contributed by atoms with Crippen molar-refractivity contribution < 1.29 is 19.1 Å². The second-order valence-corrected chi connectivity index (χ2v) is 7.64. The van der Waals surface area contributed by atoms with Crippen molar-refractivity contribution in [1.82, 2.24) is 20.3 Å². The van der Waals surface area contributed by atoms with Crippen molar-refractivity contribution >= 4 is 34.8 Å². The molecule has 0 aliphatic carbocycles. The first-order chi connectivity index (χ1) is 14.8. The smallest absolute Gasteiger partial charge is 0.358 e. The minimum absolute atomic E-state index is 0.0586. The number of esters is 1. The van der Waals surface area contributed by atoms with E-state index in [9.17, 15) is 14.4 Å². The van der Waals surface area contributed by atoms with E-state index in [-0.39, 0.29) is 18.1 Å². The number of nitrogens with one attached hydrogen (secondary N) is 2. The lowest BCUT2D eigenvalue weighted by Gasteiger charge is -2.13. The van der Waals surface area contributed by atoms with E-state index in [1.54, 1.807) is 18.5 Å². The molecule has 2 amide bonds. The number of rotatable bonds is 7. The lowest BCUT2D eigenvalue weighted by atomic mass is 10.1. The molecule has 1 aromatic carbocycles. The maximum Gasteiger partial charge on any atom is 0.358 e. The molecule has 0 saturated heterocycles. The third kappa shape index (κ3) is 5.92. The fourth-order valence-electron chi connectivity index (χ4n) is 2.88. The van der Waals surface area contributed by atoms with Gasteiger partial charge in [-0.3, -0.25) is 9.59 Å². The summed E-state index contributed by atoms with van der Waals surface area (Å²) in [5.74, 6) is -1.32. The normalized spacial score (nSPS) is 10.4. The van der Waals surface area contributed by atoms with Gasteiger partial charge in [0.05, 0.1) is 6.54 Å². The van der Waals surface area contributed by atoms with E-state index >= 15 is 0 Å². The average molecular weight is 439 g/mol. The lowest BCUT2D eigenvalue weighted by molar-refractivity contribution is -0.126. The fraction of sp³-hybridized carbons (Fsp3) is 0.238. The van der Waals surface area contributed by atoms with E-state index in [0.29, 0.717) is 10.8 Å². The molecule has 0 bridgehead atoms. The Morgan fingerprint density at radius 3 is 2.39 bits per heavy atom. The number of benzene rings is 1. The number of hydrogen-bond acceptors (Lipinski definition) is 8. The number of carbonyl (C=O) groups is 3. The number of anilines is 1. The summed E-state index contributed by atoms with van der Waals surface area (Å²) in [4.78, 5) is 48.4. The quantitative estimate of drug-likeness (QED) is 0.542. The minimum Gasteiger partial charge on any atom is -0.451 e. The van der Waals surface area contributed by atoms with Gasteiger partial charge in [-0.1, -0.05) is 17.7 Å². The molecule has 0 aliphatic heterocycles. The Bertz CT molecular complexity index is 1090. The van der Waals surface area contributed by atoms with Gasteiger partial charge in [0.1, 0.15) is 0 Å². The van der Waals surface area contributed by atoms with E-state index < -0.39 is 18.5 Å². The van der Waals surface area contributed by atoms with Gasteiger partial charge in [0.25, 0.3) is 5.91 Å². The van der Waals surface area contributed by atoms with Crippen LogP contribution in [0.2, 0.25) is 0 Å². The molecule has 0 fully saturated rings. The number of thiazole rings is 1. The summed E-state index contributed by atoms with van der Waals surface area (Å²) in [5.41, 5.74) is 3.76. The van der Waals surface area contributed by atoms with E-state index in [1.807, 2.05) is 32.9 Å². The van der Waals surface area contributed by atoms with Gasteiger partial charge in [-0.05, 0) is 38.0 Å². The molecule has 3 rings (SSSR count). The SMILES string of the molecule is Cc1cc(C)c(NC(=O)CNC(=O)COC(=O)c2csc(-c3ncccn3)n2)c(C)c1. The number of ether oxygens (including phenoxy) is 1. The van der Waals surface area contributed by atoms with Crippen molar-refractivity contribution in [3.05, 3.63) is 58.4 Å². The van der Waals surface area contributed by atoms with Crippen LogP contribution in [0.25, 0.3) is 10.8 Å². The van der Waals surface area contributed by atoms with Gasteiger partial charge in [0.15, 0.2) is 23.1 Å². The molecule has 0 aliphatic rings. The zero-order valence-electron chi connectivity index (χ0n) is 17.3. The van der Waals surface area contributed by atoms with Crippen LogP contribution in [0.15, 0.2) is 36.0 Å².